The van der Waals surface area contributed by atoms with Crippen LogP contribution in [-0.4, -0.2) is 75.6 Å². The lowest BCUT2D eigenvalue weighted by Crippen LogP contribution is -2.50. The summed E-state index contributed by atoms with van der Waals surface area (Å²) < 4.78 is 6.26. The van der Waals surface area contributed by atoms with Crippen LogP contribution in [0.25, 0.3) is 0 Å². The molecule has 1 aliphatic heterocycles. The van der Waals surface area contributed by atoms with E-state index >= 15 is 0 Å². The van der Waals surface area contributed by atoms with Crippen LogP contribution >= 0.6 is 0 Å². The molecule has 0 aromatic carbocycles. The molecule has 0 fully saturated rings. The van der Waals surface area contributed by atoms with E-state index in [2.05, 4.69) is 28.7 Å². The Morgan fingerprint density at radius 2 is 2.20 bits per heavy atom. The molecule has 186 valence electrons. The third kappa shape index (κ3) is 6.80. The molecule has 2 amide bonds. The molecule has 0 saturated carbocycles. The fourth-order valence-electron chi connectivity index (χ4n) is 3.86. The van der Waals surface area contributed by atoms with Crippen LogP contribution in [0.2, 0.25) is 0 Å². The predicted octanol–water partition coefficient (Wildman–Crippen LogP) is 2.55. The Bertz CT molecular complexity index is 1080. The molecule has 3 atom stereocenters. The van der Waals surface area contributed by atoms with Crippen molar-refractivity contribution in [2.24, 2.45) is 5.92 Å². The van der Waals surface area contributed by atoms with Gasteiger partial charge < -0.3 is 19.6 Å². The van der Waals surface area contributed by atoms with Gasteiger partial charge in [0.15, 0.2) is 0 Å². The van der Waals surface area contributed by atoms with Crippen molar-refractivity contribution in [3.8, 4) is 17.7 Å². The fourth-order valence-corrected chi connectivity index (χ4v) is 3.86. The number of amides is 2. The standard InChI is InChI=1S/C27H34N4O4/c1-5-6-7-9-21-12-23-26(29-15-21)35-24(19(2)16-31(27(23)34)20(3)18-32)17-30(4)25(33)13-22-10-8-11-28-14-22/h8,10-12,14-15,19-20,24,32H,5-6,13,16-18H2,1-4H3/t19-,20+,24-/m1/s1. The minimum atomic E-state index is -0.400. The molecule has 0 aliphatic carbocycles. The van der Waals surface area contributed by atoms with E-state index in [-0.39, 0.29) is 42.7 Å². The Labute approximate surface area is 207 Å². The topological polar surface area (TPSA) is 95.9 Å². The van der Waals surface area contributed by atoms with Crippen molar-refractivity contribution < 1.29 is 19.4 Å². The van der Waals surface area contributed by atoms with Gasteiger partial charge in [0.2, 0.25) is 11.8 Å². The number of likely N-dealkylation sites (N-methyl/N-ethyl adjacent to an activating group) is 1. The van der Waals surface area contributed by atoms with Gasteiger partial charge in [-0.25, -0.2) is 4.98 Å². The van der Waals surface area contributed by atoms with Gasteiger partial charge in [-0.3, -0.25) is 14.6 Å². The lowest BCUT2D eigenvalue weighted by atomic mass is 9.99. The molecule has 1 N–H and O–H groups in total. The Morgan fingerprint density at radius 3 is 2.89 bits per heavy atom. The molecule has 0 radical (unpaired) electrons. The van der Waals surface area contributed by atoms with Crippen LogP contribution in [0.3, 0.4) is 0 Å². The van der Waals surface area contributed by atoms with Crippen LogP contribution in [0.15, 0.2) is 36.8 Å². The summed E-state index contributed by atoms with van der Waals surface area (Å²) in [5.41, 5.74) is 1.79. The number of carbonyl (C=O) groups is 2. The van der Waals surface area contributed by atoms with Gasteiger partial charge in [-0.15, -0.1) is 0 Å². The molecule has 1 aliphatic rings. The summed E-state index contributed by atoms with van der Waals surface area (Å²) in [6.07, 6.45) is 6.51. The third-order valence-corrected chi connectivity index (χ3v) is 6.09. The number of aromatic nitrogens is 2. The lowest BCUT2D eigenvalue weighted by Gasteiger charge is -2.37. The third-order valence-electron chi connectivity index (χ3n) is 6.09. The first-order chi connectivity index (χ1) is 16.8. The van der Waals surface area contributed by atoms with Gasteiger partial charge in [0.1, 0.15) is 11.7 Å². The number of nitrogens with zero attached hydrogens (tertiary/aromatic N) is 4. The average Bonchev–Trinajstić information content (AvgIpc) is 2.86. The quantitative estimate of drug-likeness (QED) is 0.615. The van der Waals surface area contributed by atoms with Crippen LogP contribution < -0.4 is 4.74 Å². The molecule has 8 nitrogen and oxygen atoms in total. The zero-order valence-corrected chi connectivity index (χ0v) is 20.9. The Balaban J connectivity index is 1.87. The van der Waals surface area contributed by atoms with Crippen LogP contribution in [-0.2, 0) is 11.2 Å². The van der Waals surface area contributed by atoms with Gasteiger partial charge in [0, 0.05) is 50.1 Å². The Morgan fingerprint density at radius 1 is 1.40 bits per heavy atom. The maximum Gasteiger partial charge on any atom is 0.259 e. The lowest BCUT2D eigenvalue weighted by molar-refractivity contribution is -0.130. The number of fused-ring (bicyclic) bond motifs is 1. The van der Waals surface area contributed by atoms with Gasteiger partial charge in [-0.2, -0.15) is 0 Å². The first-order valence-electron chi connectivity index (χ1n) is 12.0. The zero-order valence-electron chi connectivity index (χ0n) is 20.9. The number of ether oxygens (including phenoxy) is 1. The molecule has 3 rings (SSSR count). The molecule has 0 saturated heterocycles. The number of unbranched alkanes of at least 4 members (excludes halogenated alkanes) is 1. The van der Waals surface area contributed by atoms with Crippen molar-refractivity contribution in [3.63, 3.8) is 0 Å². The van der Waals surface area contributed by atoms with Crippen molar-refractivity contribution in [3.05, 3.63) is 53.5 Å². The molecular formula is C27H34N4O4. The maximum absolute atomic E-state index is 13.4. The molecule has 2 aromatic heterocycles. The summed E-state index contributed by atoms with van der Waals surface area (Å²) in [7, 11) is 1.74. The summed E-state index contributed by atoms with van der Waals surface area (Å²) in [6, 6.07) is 5.00. The highest BCUT2D eigenvalue weighted by molar-refractivity contribution is 5.97. The molecule has 2 aromatic rings. The van der Waals surface area contributed by atoms with Crippen molar-refractivity contribution >= 4 is 11.8 Å². The average molecular weight is 479 g/mol. The fraction of sp³-hybridized carbons (Fsp3) is 0.481. The molecule has 3 heterocycles. The van der Waals surface area contributed by atoms with E-state index in [1.54, 1.807) is 47.6 Å². The molecule has 8 heteroatoms. The second-order valence-corrected chi connectivity index (χ2v) is 9.06. The molecule has 0 spiro atoms. The van der Waals surface area contributed by atoms with Gasteiger partial charge in [-0.05, 0) is 31.0 Å². The van der Waals surface area contributed by atoms with Crippen LogP contribution in [0.1, 0.15) is 55.1 Å². The summed E-state index contributed by atoms with van der Waals surface area (Å²) in [5.74, 6) is 5.93. The monoisotopic (exact) mass is 478 g/mol. The van der Waals surface area contributed by atoms with E-state index in [1.165, 1.54) is 0 Å². The van der Waals surface area contributed by atoms with E-state index in [1.807, 2.05) is 19.9 Å². The predicted molar refractivity (Wildman–Crippen MR) is 133 cm³/mol. The maximum atomic E-state index is 13.4. The van der Waals surface area contributed by atoms with Crippen molar-refractivity contribution in [2.45, 2.75) is 52.2 Å². The van der Waals surface area contributed by atoms with Gasteiger partial charge in [0.25, 0.3) is 5.91 Å². The molecular weight excluding hydrogens is 444 g/mol. The number of rotatable bonds is 7. The SMILES string of the molecule is CCCC#Cc1cnc2c(c1)C(=O)N([C@@H](C)CO)C[C@@H](C)[C@@H](CN(C)C(=O)Cc1cccnc1)O2. The Kier molecular flexibility index (Phi) is 9.21. The summed E-state index contributed by atoms with van der Waals surface area (Å²) in [4.78, 5) is 38.1. The smallest absolute Gasteiger partial charge is 0.259 e. The minimum absolute atomic E-state index is 0.0535. The first kappa shape index (κ1) is 26.2. The van der Waals surface area contributed by atoms with E-state index in [4.69, 9.17) is 4.74 Å². The summed E-state index contributed by atoms with van der Waals surface area (Å²) in [5, 5.41) is 9.80. The van der Waals surface area contributed by atoms with Crippen molar-refractivity contribution in [1.82, 2.24) is 19.8 Å². The van der Waals surface area contributed by atoms with Gasteiger partial charge in [0.05, 0.1) is 25.6 Å². The highest BCUT2D eigenvalue weighted by Gasteiger charge is 2.34. The highest BCUT2D eigenvalue weighted by Crippen LogP contribution is 2.27. The number of pyridine rings is 2. The number of aliphatic hydroxyl groups is 1. The number of carbonyl (C=O) groups excluding carboxylic acids is 2. The van der Waals surface area contributed by atoms with E-state index < -0.39 is 6.10 Å². The van der Waals surface area contributed by atoms with Gasteiger partial charge in [-0.1, -0.05) is 31.8 Å². The minimum Gasteiger partial charge on any atom is -0.472 e. The number of hydrogen-bond donors (Lipinski definition) is 1. The molecule has 0 bridgehead atoms. The van der Waals surface area contributed by atoms with Crippen LogP contribution in [0.4, 0.5) is 0 Å². The second-order valence-electron chi connectivity index (χ2n) is 9.06. The van der Waals surface area contributed by atoms with Crippen molar-refractivity contribution in [2.75, 3.05) is 26.7 Å². The van der Waals surface area contributed by atoms with Gasteiger partial charge >= 0.3 is 0 Å². The molecule has 0 unspecified atom stereocenters. The highest BCUT2D eigenvalue weighted by atomic mass is 16.5. The van der Waals surface area contributed by atoms with Crippen molar-refractivity contribution in [1.29, 1.82) is 0 Å². The van der Waals surface area contributed by atoms with Crippen LogP contribution in [0, 0.1) is 17.8 Å². The van der Waals surface area contributed by atoms with E-state index in [0.717, 1.165) is 18.4 Å². The molecule has 35 heavy (non-hydrogen) atoms. The normalized spacial score (nSPS) is 18.3. The number of hydrogen-bond acceptors (Lipinski definition) is 6. The zero-order chi connectivity index (χ0) is 25.4. The van der Waals surface area contributed by atoms with E-state index in [0.29, 0.717) is 24.2 Å². The largest absolute Gasteiger partial charge is 0.472 e. The number of aliphatic hydroxyl groups excluding tert-OH is 1. The van der Waals surface area contributed by atoms with Crippen LogP contribution in [0.5, 0.6) is 5.88 Å². The Hall–Kier alpha value is -3.44. The van der Waals surface area contributed by atoms with E-state index in [9.17, 15) is 14.7 Å². The second kappa shape index (κ2) is 12.3. The summed E-state index contributed by atoms with van der Waals surface area (Å²) in [6.45, 7) is 6.38. The summed E-state index contributed by atoms with van der Waals surface area (Å²) >= 11 is 0. The first-order valence-corrected chi connectivity index (χ1v) is 12.0.